The quantitative estimate of drug-likeness (QED) is 0.729. The molecule has 4 rings (SSSR count). The highest BCUT2D eigenvalue weighted by Crippen LogP contribution is 2.24. The van der Waals surface area contributed by atoms with Crippen molar-refractivity contribution in [1.29, 1.82) is 0 Å². The monoisotopic (exact) mass is 397 g/mol. The van der Waals surface area contributed by atoms with Crippen LogP contribution in [0.15, 0.2) is 54.2 Å². The molecular formula is C20H20FN5OS. The summed E-state index contributed by atoms with van der Waals surface area (Å²) in [5, 5.41) is 5.72. The average molecular weight is 397 g/mol. The molecule has 0 aliphatic carbocycles. The Kier molecular flexibility index (Phi) is 5.59. The van der Waals surface area contributed by atoms with Crippen LogP contribution in [0.4, 0.5) is 14.9 Å². The molecule has 6 nitrogen and oxygen atoms in total. The van der Waals surface area contributed by atoms with Crippen molar-refractivity contribution in [3.8, 4) is 10.6 Å². The molecule has 1 fully saturated rings. The van der Waals surface area contributed by atoms with Gasteiger partial charge in [-0.25, -0.2) is 14.2 Å². The maximum atomic E-state index is 13.6. The number of hydrogen-bond acceptors (Lipinski definition) is 5. The van der Waals surface area contributed by atoms with Crippen LogP contribution in [0.25, 0.3) is 10.6 Å². The van der Waals surface area contributed by atoms with Gasteiger partial charge >= 0.3 is 6.03 Å². The van der Waals surface area contributed by atoms with Crippen LogP contribution in [0.1, 0.15) is 5.69 Å². The zero-order chi connectivity index (χ0) is 19.3. The van der Waals surface area contributed by atoms with E-state index in [0.717, 1.165) is 42.1 Å². The number of thiazole rings is 1. The topological polar surface area (TPSA) is 61.4 Å². The van der Waals surface area contributed by atoms with E-state index in [4.69, 9.17) is 4.98 Å². The number of piperazine rings is 1. The summed E-state index contributed by atoms with van der Waals surface area (Å²) >= 11 is 1.65. The Morgan fingerprint density at radius 2 is 1.93 bits per heavy atom. The molecule has 0 bridgehead atoms. The molecule has 0 unspecified atom stereocenters. The lowest BCUT2D eigenvalue weighted by molar-refractivity contribution is 0.142. The van der Waals surface area contributed by atoms with Crippen molar-refractivity contribution in [2.75, 3.05) is 31.5 Å². The Balaban J connectivity index is 1.29. The fraction of sp³-hybridized carbons (Fsp3) is 0.250. The summed E-state index contributed by atoms with van der Waals surface area (Å²) in [4.78, 5) is 24.7. The lowest BCUT2D eigenvalue weighted by atomic mass is 10.2. The second-order valence-corrected chi connectivity index (χ2v) is 7.42. The van der Waals surface area contributed by atoms with Gasteiger partial charge in [0.05, 0.1) is 17.6 Å². The van der Waals surface area contributed by atoms with Crippen molar-refractivity contribution in [3.05, 3.63) is 65.7 Å². The van der Waals surface area contributed by atoms with Crippen LogP contribution >= 0.6 is 11.3 Å². The predicted octanol–water partition coefficient (Wildman–Crippen LogP) is 3.69. The first-order valence-corrected chi connectivity index (χ1v) is 9.94. The van der Waals surface area contributed by atoms with Gasteiger partial charge in [0.2, 0.25) is 0 Å². The molecule has 3 heterocycles. The highest BCUT2D eigenvalue weighted by molar-refractivity contribution is 7.13. The van der Waals surface area contributed by atoms with E-state index in [-0.39, 0.29) is 11.7 Å². The van der Waals surface area contributed by atoms with Gasteiger partial charge in [-0.15, -0.1) is 11.3 Å². The number of nitrogens with zero attached hydrogens (tertiary/aromatic N) is 4. The summed E-state index contributed by atoms with van der Waals surface area (Å²) in [6, 6.07) is 11.3. The van der Waals surface area contributed by atoms with Gasteiger partial charge in [0.1, 0.15) is 5.01 Å². The second kappa shape index (κ2) is 8.45. The van der Waals surface area contributed by atoms with Crippen molar-refractivity contribution in [1.82, 2.24) is 19.8 Å². The zero-order valence-electron chi connectivity index (χ0n) is 15.2. The molecule has 2 aromatic heterocycles. The minimum atomic E-state index is -0.535. The number of halogens is 1. The standard InChI is InChI=1S/C20H20FN5OS/c21-17-12-22-7-6-18(17)24-20(27)26-10-8-25(9-11-26)13-16-14-28-19(23-16)15-4-2-1-3-5-15/h1-7,12,14H,8-11,13H2,(H,22,24,27). The van der Waals surface area contributed by atoms with E-state index in [2.05, 4.69) is 32.7 Å². The highest BCUT2D eigenvalue weighted by atomic mass is 32.1. The van der Waals surface area contributed by atoms with Crippen molar-refractivity contribution < 1.29 is 9.18 Å². The normalized spacial score (nSPS) is 14.8. The van der Waals surface area contributed by atoms with E-state index in [0.29, 0.717) is 13.1 Å². The Morgan fingerprint density at radius 1 is 1.14 bits per heavy atom. The zero-order valence-corrected chi connectivity index (χ0v) is 16.0. The SMILES string of the molecule is O=C(Nc1ccncc1F)N1CCN(Cc2csc(-c3ccccc3)n2)CC1. The summed E-state index contributed by atoms with van der Waals surface area (Å²) in [5.74, 6) is -0.535. The number of pyridine rings is 1. The van der Waals surface area contributed by atoms with Gasteiger partial charge in [0.15, 0.2) is 5.82 Å². The minimum absolute atomic E-state index is 0.151. The maximum absolute atomic E-state index is 13.6. The molecule has 144 valence electrons. The van der Waals surface area contributed by atoms with Crippen LogP contribution in [-0.4, -0.2) is 52.0 Å². The number of anilines is 1. The van der Waals surface area contributed by atoms with Gasteiger partial charge in [-0.1, -0.05) is 30.3 Å². The molecule has 1 N–H and O–H groups in total. The molecule has 1 aliphatic heterocycles. The molecular weight excluding hydrogens is 377 g/mol. The summed E-state index contributed by atoms with van der Waals surface area (Å²) in [6.45, 7) is 3.45. The highest BCUT2D eigenvalue weighted by Gasteiger charge is 2.22. The van der Waals surface area contributed by atoms with E-state index in [1.54, 1.807) is 16.2 Å². The Bertz CT molecular complexity index is 941. The van der Waals surface area contributed by atoms with Crippen molar-refractivity contribution in [2.45, 2.75) is 6.54 Å². The van der Waals surface area contributed by atoms with E-state index >= 15 is 0 Å². The molecule has 3 aromatic rings. The third kappa shape index (κ3) is 4.35. The maximum Gasteiger partial charge on any atom is 0.322 e. The van der Waals surface area contributed by atoms with Crippen LogP contribution < -0.4 is 5.32 Å². The molecule has 1 aliphatic rings. The lowest BCUT2D eigenvalue weighted by Crippen LogP contribution is -2.49. The molecule has 0 atom stereocenters. The van der Waals surface area contributed by atoms with E-state index < -0.39 is 5.82 Å². The van der Waals surface area contributed by atoms with Gasteiger partial charge < -0.3 is 10.2 Å². The molecule has 0 saturated carbocycles. The smallest absolute Gasteiger partial charge is 0.322 e. The van der Waals surface area contributed by atoms with Gasteiger partial charge in [-0.3, -0.25) is 9.88 Å². The first kappa shape index (κ1) is 18.5. The number of amides is 2. The first-order chi connectivity index (χ1) is 13.7. The Hall–Kier alpha value is -2.84. The number of carbonyl (C=O) groups excluding carboxylic acids is 1. The van der Waals surface area contributed by atoms with Gasteiger partial charge in [0.25, 0.3) is 0 Å². The number of hydrogen-bond donors (Lipinski definition) is 1. The number of rotatable bonds is 4. The molecule has 28 heavy (non-hydrogen) atoms. The summed E-state index contributed by atoms with van der Waals surface area (Å²) < 4.78 is 13.6. The second-order valence-electron chi connectivity index (χ2n) is 6.56. The molecule has 0 spiro atoms. The number of carbonyl (C=O) groups is 1. The summed E-state index contributed by atoms with van der Waals surface area (Å²) in [5.41, 5.74) is 2.32. The van der Waals surface area contributed by atoms with Crippen molar-refractivity contribution in [2.24, 2.45) is 0 Å². The van der Waals surface area contributed by atoms with Gasteiger partial charge in [-0.2, -0.15) is 0 Å². The third-order valence-corrected chi connectivity index (χ3v) is 5.57. The fourth-order valence-electron chi connectivity index (χ4n) is 3.10. The number of urea groups is 1. The minimum Gasteiger partial charge on any atom is -0.322 e. The first-order valence-electron chi connectivity index (χ1n) is 9.06. The number of nitrogens with one attached hydrogen (secondary N) is 1. The molecule has 8 heteroatoms. The van der Waals surface area contributed by atoms with Crippen LogP contribution in [0, 0.1) is 5.82 Å². The Morgan fingerprint density at radius 3 is 2.68 bits per heavy atom. The predicted molar refractivity (Wildman–Crippen MR) is 108 cm³/mol. The van der Waals surface area contributed by atoms with Gasteiger partial charge in [0, 0.05) is 49.9 Å². The van der Waals surface area contributed by atoms with Crippen LogP contribution in [0.2, 0.25) is 0 Å². The summed E-state index contributed by atoms with van der Waals surface area (Å²) in [7, 11) is 0. The molecule has 1 aromatic carbocycles. The lowest BCUT2D eigenvalue weighted by Gasteiger charge is -2.34. The summed E-state index contributed by atoms with van der Waals surface area (Å²) in [6.07, 6.45) is 2.54. The van der Waals surface area contributed by atoms with E-state index in [1.165, 1.54) is 12.3 Å². The van der Waals surface area contributed by atoms with E-state index in [1.807, 2.05) is 18.2 Å². The van der Waals surface area contributed by atoms with Crippen LogP contribution in [-0.2, 0) is 6.54 Å². The fourth-order valence-corrected chi connectivity index (χ4v) is 3.92. The largest absolute Gasteiger partial charge is 0.322 e. The van der Waals surface area contributed by atoms with Crippen molar-refractivity contribution in [3.63, 3.8) is 0 Å². The average Bonchev–Trinajstić information content (AvgIpc) is 3.19. The Labute approximate surface area is 166 Å². The molecule has 1 saturated heterocycles. The van der Waals surface area contributed by atoms with E-state index in [9.17, 15) is 9.18 Å². The van der Waals surface area contributed by atoms with Crippen LogP contribution in [0.5, 0.6) is 0 Å². The number of aromatic nitrogens is 2. The van der Waals surface area contributed by atoms with Crippen molar-refractivity contribution >= 4 is 23.1 Å². The molecule has 2 amide bonds. The molecule has 0 radical (unpaired) electrons. The van der Waals surface area contributed by atoms with Gasteiger partial charge in [-0.05, 0) is 6.07 Å². The third-order valence-electron chi connectivity index (χ3n) is 4.63. The number of benzene rings is 1. The van der Waals surface area contributed by atoms with Crippen LogP contribution in [0.3, 0.4) is 0 Å².